The summed E-state index contributed by atoms with van der Waals surface area (Å²) in [5.74, 6) is 0.826. The highest BCUT2D eigenvalue weighted by Crippen LogP contribution is 2.14. The van der Waals surface area contributed by atoms with Gasteiger partial charge in [0.05, 0.1) is 0 Å². The minimum absolute atomic E-state index is 0.241. The van der Waals surface area contributed by atoms with Crippen molar-refractivity contribution >= 4 is 15.9 Å². The molecule has 1 N–H and O–H groups in total. The first-order valence-electron chi connectivity index (χ1n) is 4.00. The highest BCUT2D eigenvalue weighted by atomic mass is 79.9. The zero-order chi connectivity index (χ0) is 9.97. The highest BCUT2D eigenvalue weighted by Gasteiger charge is 2.04. The number of aromatic nitrogens is 2. The molecule has 0 fully saturated rings. The molecule has 72 valence electrons. The maximum absolute atomic E-state index is 9.22. The maximum atomic E-state index is 9.22. The summed E-state index contributed by atoms with van der Waals surface area (Å²) in [7, 11) is 0. The van der Waals surface area contributed by atoms with Gasteiger partial charge in [0.1, 0.15) is 5.75 Å². The van der Waals surface area contributed by atoms with Gasteiger partial charge in [0, 0.05) is 22.4 Å². The fourth-order valence-electron chi connectivity index (χ4n) is 1.15. The summed E-state index contributed by atoms with van der Waals surface area (Å²) in [4.78, 5) is 4.36. The summed E-state index contributed by atoms with van der Waals surface area (Å²) in [5, 5.41) is 12.9. The molecule has 4 nitrogen and oxygen atoms in total. The summed E-state index contributed by atoms with van der Waals surface area (Å²) >= 11 is 3.07. The number of phenols is 1. The molecule has 0 saturated carbocycles. The van der Waals surface area contributed by atoms with Crippen molar-refractivity contribution in [2.75, 3.05) is 0 Å². The number of hydrogen-bond donors (Lipinski definition) is 1. The Hall–Kier alpha value is -1.36. The molecule has 2 aromatic rings. The van der Waals surface area contributed by atoms with E-state index >= 15 is 0 Å². The SMILES string of the molecule is Oc1cccc(Cc2noc(Br)n2)c1. The molecule has 14 heavy (non-hydrogen) atoms. The van der Waals surface area contributed by atoms with Crippen LogP contribution in [0.15, 0.2) is 33.6 Å². The first-order valence-corrected chi connectivity index (χ1v) is 4.79. The monoisotopic (exact) mass is 254 g/mol. The van der Waals surface area contributed by atoms with E-state index in [0.717, 1.165) is 5.56 Å². The average Bonchev–Trinajstić information content (AvgIpc) is 2.51. The maximum Gasteiger partial charge on any atom is 0.293 e. The number of halogens is 1. The molecule has 0 aliphatic rings. The Labute approximate surface area is 88.7 Å². The van der Waals surface area contributed by atoms with E-state index in [1.54, 1.807) is 18.2 Å². The average molecular weight is 255 g/mol. The molecule has 0 aliphatic carbocycles. The highest BCUT2D eigenvalue weighted by molar-refractivity contribution is 9.10. The topological polar surface area (TPSA) is 59.2 Å². The fourth-order valence-corrected chi connectivity index (χ4v) is 1.43. The van der Waals surface area contributed by atoms with Crippen molar-refractivity contribution in [1.82, 2.24) is 10.1 Å². The smallest absolute Gasteiger partial charge is 0.293 e. The summed E-state index contributed by atoms with van der Waals surface area (Å²) in [6, 6.07) is 6.96. The van der Waals surface area contributed by atoms with E-state index in [1.807, 2.05) is 6.07 Å². The molecular formula is C9H7BrN2O2. The van der Waals surface area contributed by atoms with Crippen LogP contribution in [0, 0.1) is 0 Å². The molecule has 1 aromatic heterocycles. The largest absolute Gasteiger partial charge is 0.508 e. The predicted octanol–water partition coefficient (Wildman–Crippen LogP) is 2.13. The van der Waals surface area contributed by atoms with Gasteiger partial charge in [-0.2, -0.15) is 4.98 Å². The van der Waals surface area contributed by atoms with Gasteiger partial charge in [-0.25, -0.2) is 0 Å². The van der Waals surface area contributed by atoms with Gasteiger partial charge in [-0.05, 0) is 17.7 Å². The van der Waals surface area contributed by atoms with E-state index in [-0.39, 0.29) is 5.75 Å². The fraction of sp³-hybridized carbons (Fsp3) is 0.111. The Bertz CT molecular complexity index is 442. The van der Waals surface area contributed by atoms with Crippen molar-refractivity contribution < 1.29 is 9.63 Å². The first-order chi connectivity index (χ1) is 6.74. The van der Waals surface area contributed by atoms with Crippen molar-refractivity contribution in [3.8, 4) is 5.75 Å². The van der Waals surface area contributed by atoms with Crippen LogP contribution in [0.25, 0.3) is 0 Å². The van der Waals surface area contributed by atoms with Gasteiger partial charge >= 0.3 is 0 Å². The van der Waals surface area contributed by atoms with E-state index in [4.69, 9.17) is 4.52 Å². The standard InChI is InChI=1S/C9H7BrN2O2/c10-9-11-8(12-14-9)5-6-2-1-3-7(13)4-6/h1-4,13H,5H2. The molecule has 2 rings (SSSR count). The molecule has 0 bridgehead atoms. The van der Waals surface area contributed by atoms with E-state index in [1.165, 1.54) is 0 Å². The molecular weight excluding hydrogens is 248 g/mol. The number of phenolic OH excluding ortho intramolecular Hbond substituents is 1. The molecule has 1 aromatic carbocycles. The lowest BCUT2D eigenvalue weighted by Gasteiger charge is -1.96. The molecule has 5 heteroatoms. The zero-order valence-corrected chi connectivity index (χ0v) is 8.73. The minimum atomic E-state index is 0.241. The van der Waals surface area contributed by atoms with Crippen LogP contribution in [0.3, 0.4) is 0 Å². The van der Waals surface area contributed by atoms with Crippen LogP contribution in [0.4, 0.5) is 0 Å². The van der Waals surface area contributed by atoms with Gasteiger partial charge in [0.15, 0.2) is 5.82 Å². The summed E-state index contributed by atoms with van der Waals surface area (Å²) < 4.78 is 4.76. The van der Waals surface area contributed by atoms with Crippen molar-refractivity contribution in [2.45, 2.75) is 6.42 Å². The lowest BCUT2D eigenvalue weighted by atomic mass is 10.1. The van der Waals surface area contributed by atoms with Gasteiger partial charge in [-0.3, -0.25) is 0 Å². The molecule has 1 heterocycles. The summed E-state index contributed by atoms with van der Waals surface area (Å²) in [6.45, 7) is 0. The third-order valence-corrected chi connectivity index (χ3v) is 2.04. The Balaban J connectivity index is 2.18. The first kappa shape index (κ1) is 9.21. The molecule has 0 saturated heterocycles. The van der Waals surface area contributed by atoms with E-state index in [0.29, 0.717) is 17.0 Å². The molecule has 0 atom stereocenters. The quantitative estimate of drug-likeness (QED) is 0.892. The lowest BCUT2D eigenvalue weighted by molar-refractivity contribution is 0.391. The van der Waals surface area contributed by atoms with Crippen LogP contribution < -0.4 is 0 Å². The Kier molecular flexibility index (Phi) is 2.49. The predicted molar refractivity (Wildman–Crippen MR) is 52.9 cm³/mol. The zero-order valence-electron chi connectivity index (χ0n) is 7.14. The van der Waals surface area contributed by atoms with Crippen molar-refractivity contribution in [3.05, 3.63) is 40.5 Å². The second-order valence-corrected chi connectivity index (χ2v) is 3.49. The number of benzene rings is 1. The van der Waals surface area contributed by atoms with E-state index in [2.05, 4.69) is 26.1 Å². The normalized spacial score (nSPS) is 10.4. The minimum Gasteiger partial charge on any atom is -0.508 e. The van der Waals surface area contributed by atoms with Crippen molar-refractivity contribution in [3.63, 3.8) is 0 Å². The van der Waals surface area contributed by atoms with Gasteiger partial charge in [-0.1, -0.05) is 17.3 Å². The number of nitrogens with zero attached hydrogens (tertiary/aromatic N) is 2. The lowest BCUT2D eigenvalue weighted by Crippen LogP contribution is -1.89. The Morgan fingerprint density at radius 2 is 2.29 bits per heavy atom. The second kappa shape index (κ2) is 3.79. The van der Waals surface area contributed by atoms with Gasteiger partial charge in [-0.15, -0.1) is 0 Å². The Morgan fingerprint density at radius 1 is 1.43 bits per heavy atom. The molecule has 0 amide bonds. The van der Waals surface area contributed by atoms with Crippen molar-refractivity contribution in [2.24, 2.45) is 0 Å². The number of hydrogen-bond acceptors (Lipinski definition) is 4. The van der Waals surface area contributed by atoms with Crippen LogP contribution in [0.1, 0.15) is 11.4 Å². The summed E-state index contributed by atoms with van der Waals surface area (Å²) in [6.07, 6.45) is 0.545. The van der Waals surface area contributed by atoms with Gasteiger partial charge in [0.25, 0.3) is 4.80 Å². The van der Waals surface area contributed by atoms with Crippen LogP contribution in [-0.2, 0) is 6.42 Å². The third-order valence-electron chi connectivity index (χ3n) is 1.72. The number of rotatable bonds is 2. The van der Waals surface area contributed by atoms with Crippen LogP contribution in [-0.4, -0.2) is 15.2 Å². The molecule has 0 aliphatic heterocycles. The molecule has 0 radical (unpaired) electrons. The third kappa shape index (κ3) is 2.11. The van der Waals surface area contributed by atoms with Crippen molar-refractivity contribution in [1.29, 1.82) is 0 Å². The van der Waals surface area contributed by atoms with E-state index in [9.17, 15) is 5.11 Å². The number of aromatic hydroxyl groups is 1. The second-order valence-electron chi connectivity index (χ2n) is 2.81. The van der Waals surface area contributed by atoms with Crippen LogP contribution in [0.2, 0.25) is 0 Å². The Morgan fingerprint density at radius 3 is 2.93 bits per heavy atom. The van der Waals surface area contributed by atoms with E-state index < -0.39 is 0 Å². The summed E-state index contributed by atoms with van der Waals surface area (Å²) in [5.41, 5.74) is 0.943. The molecule has 0 spiro atoms. The van der Waals surface area contributed by atoms with Gasteiger partial charge in [0.2, 0.25) is 0 Å². The van der Waals surface area contributed by atoms with Crippen LogP contribution in [0.5, 0.6) is 5.75 Å². The van der Waals surface area contributed by atoms with Crippen LogP contribution >= 0.6 is 15.9 Å². The van der Waals surface area contributed by atoms with Gasteiger partial charge < -0.3 is 9.63 Å². The molecule has 0 unspecified atom stereocenters.